The second kappa shape index (κ2) is 11.0. The van der Waals surface area contributed by atoms with Crippen molar-refractivity contribution in [2.45, 2.75) is 19.8 Å². The number of fused-ring (bicyclic) bond motifs is 3. The summed E-state index contributed by atoms with van der Waals surface area (Å²) < 4.78 is 27.9. The summed E-state index contributed by atoms with van der Waals surface area (Å²) in [7, 11) is 1.61. The number of ketones is 1. The Kier molecular flexibility index (Phi) is 7.38. The largest absolute Gasteiger partial charge is 0.487 e. The lowest BCUT2D eigenvalue weighted by molar-refractivity contribution is -0.118. The SMILES string of the molecule is COCCOc1cc2ncnc(Nc3ccc(CC(=O)Cc4cc(C)no4)c(Cl)c3)c2c2c1OCCO2. The zero-order valence-corrected chi connectivity index (χ0v) is 21.1. The fourth-order valence-corrected chi connectivity index (χ4v) is 4.27. The lowest BCUT2D eigenvalue weighted by Gasteiger charge is -2.23. The number of benzene rings is 2. The number of carbonyl (C=O) groups excluding carboxylic acids is 1. The van der Waals surface area contributed by atoms with Crippen LogP contribution < -0.4 is 19.5 Å². The van der Waals surface area contributed by atoms with Gasteiger partial charge in [0.1, 0.15) is 43.5 Å². The van der Waals surface area contributed by atoms with Gasteiger partial charge in [-0.15, -0.1) is 0 Å². The van der Waals surface area contributed by atoms with E-state index in [9.17, 15) is 4.79 Å². The number of halogens is 1. The first kappa shape index (κ1) is 24.8. The summed E-state index contributed by atoms with van der Waals surface area (Å²) in [5.41, 5.74) is 2.78. The van der Waals surface area contributed by atoms with E-state index in [-0.39, 0.29) is 18.6 Å². The van der Waals surface area contributed by atoms with Gasteiger partial charge >= 0.3 is 0 Å². The van der Waals surface area contributed by atoms with Gasteiger partial charge in [0.2, 0.25) is 5.75 Å². The molecule has 192 valence electrons. The molecule has 1 N–H and O–H groups in total. The van der Waals surface area contributed by atoms with Crippen LogP contribution in [0.1, 0.15) is 17.0 Å². The van der Waals surface area contributed by atoms with Gasteiger partial charge in [-0.3, -0.25) is 4.79 Å². The molecule has 0 bridgehead atoms. The average molecular weight is 525 g/mol. The van der Waals surface area contributed by atoms with Crippen LogP contribution >= 0.6 is 11.6 Å². The van der Waals surface area contributed by atoms with Crippen LogP contribution in [0.5, 0.6) is 17.2 Å². The fourth-order valence-electron chi connectivity index (χ4n) is 4.02. The maximum absolute atomic E-state index is 12.5. The monoisotopic (exact) mass is 524 g/mol. The molecule has 0 unspecified atom stereocenters. The Morgan fingerprint density at radius 1 is 1.08 bits per heavy atom. The Labute approximate surface area is 217 Å². The molecule has 0 radical (unpaired) electrons. The Morgan fingerprint density at radius 2 is 1.92 bits per heavy atom. The molecule has 0 saturated heterocycles. The van der Waals surface area contributed by atoms with Crippen LogP contribution in [-0.2, 0) is 22.4 Å². The third-order valence-electron chi connectivity index (χ3n) is 5.67. The smallest absolute Gasteiger partial charge is 0.204 e. The van der Waals surface area contributed by atoms with Crippen molar-refractivity contribution in [2.24, 2.45) is 0 Å². The summed E-state index contributed by atoms with van der Waals surface area (Å²) in [5.74, 6) is 2.58. The highest BCUT2D eigenvalue weighted by Crippen LogP contribution is 2.47. The fraction of sp³-hybridized carbons (Fsp3) is 0.308. The molecule has 2 aromatic carbocycles. The minimum Gasteiger partial charge on any atom is -0.487 e. The van der Waals surface area contributed by atoms with E-state index in [0.717, 1.165) is 5.69 Å². The molecule has 0 spiro atoms. The summed E-state index contributed by atoms with van der Waals surface area (Å²) in [6, 6.07) is 8.95. The molecule has 37 heavy (non-hydrogen) atoms. The van der Waals surface area contributed by atoms with Crippen molar-refractivity contribution >= 4 is 39.8 Å². The van der Waals surface area contributed by atoms with Gasteiger partial charge in [0, 0.05) is 36.4 Å². The predicted octanol–water partition coefficient (Wildman–Crippen LogP) is 4.47. The lowest BCUT2D eigenvalue weighted by atomic mass is 10.1. The van der Waals surface area contributed by atoms with Gasteiger partial charge in [0.05, 0.1) is 29.6 Å². The maximum atomic E-state index is 12.5. The highest BCUT2D eigenvalue weighted by Gasteiger charge is 2.24. The van der Waals surface area contributed by atoms with Gasteiger partial charge in [-0.05, 0) is 24.6 Å². The molecule has 4 aromatic rings. The average Bonchev–Trinajstić information content (AvgIpc) is 3.30. The second-order valence-electron chi connectivity index (χ2n) is 8.45. The Bertz CT molecular complexity index is 1440. The molecule has 0 amide bonds. The van der Waals surface area contributed by atoms with Crippen molar-refractivity contribution in [3.63, 3.8) is 0 Å². The number of aryl methyl sites for hydroxylation is 1. The van der Waals surface area contributed by atoms with Gasteiger partial charge in [0.15, 0.2) is 11.5 Å². The Morgan fingerprint density at radius 3 is 2.68 bits per heavy atom. The molecular formula is C26H25ClN4O6. The number of anilines is 2. The quantitative estimate of drug-likeness (QED) is 0.297. The van der Waals surface area contributed by atoms with Crippen LogP contribution in [0.15, 0.2) is 41.2 Å². The number of carbonyl (C=O) groups is 1. The van der Waals surface area contributed by atoms with E-state index in [1.54, 1.807) is 25.3 Å². The number of methoxy groups -OCH3 is 1. The normalized spacial score (nSPS) is 12.5. The number of Topliss-reactive ketones (excluding diaryl/α,β-unsaturated/α-hetero) is 1. The molecule has 11 heteroatoms. The number of hydrogen-bond acceptors (Lipinski definition) is 10. The van der Waals surface area contributed by atoms with Gasteiger partial charge in [-0.25, -0.2) is 9.97 Å². The molecule has 10 nitrogen and oxygen atoms in total. The van der Waals surface area contributed by atoms with Crippen LogP contribution in [0, 0.1) is 6.92 Å². The summed E-state index contributed by atoms with van der Waals surface area (Å²) in [6.07, 6.45) is 1.80. The highest BCUT2D eigenvalue weighted by molar-refractivity contribution is 6.31. The van der Waals surface area contributed by atoms with Crippen LogP contribution in [0.3, 0.4) is 0 Å². The standard InChI is InChI=1S/C26H25ClN4O6/c1-15-9-19(37-31-15)12-18(32)10-16-3-4-17(11-20(16)27)30-26-23-21(28-14-29-26)13-22(34-6-5-33-2)24-25(23)36-8-7-35-24/h3-4,9,11,13-14H,5-8,10,12H2,1-2H3,(H,28,29,30). The summed E-state index contributed by atoms with van der Waals surface area (Å²) in [5, 5.41) is 8.23. The zero-order chi connectivity index (χ0) is 25.8. The van der Waals surface area contributed by atoms with E-state index in [4.69, 9.17) is 35.1 Å². The number of rotatable bonds is 10. The molecule has 0 fully saturated rings. The minimum absolute atomic E-state index is 0.0205. The number of aromatic nitrogens is 3. The maximum Gasteiger partial charge on any atom is 0.204 e. The zero-order valence-electron chi connectivity index (χ0n) is 20.4. The number of ether oxygens (including phenoxy) is 4. The molecular weight excluding hydrogens is 500 g/mol. The molecule has 0 atom stereocenters. The summed E-state index contributed by atoms with van der Waals surface area (Å²) >= 11 is 6.53. The van der Waals surface area contributed by atoms with Crippen molar-refractivity contribution in [3.8, 4) is 17.2 Å². The van der Waals surface area contributed by atoms with Crippen molar-refractivity contribution in [3.05, 3.63) is 58.7 Å². The third kappa shape index (κ3) is 5.60. The van der Waals surface area contributed by atoms with E-state index in [0.29, 0.717) is 82.4 Å². The Balaban J connectivity index is 1.38. The molecule has 1 aliphatic heterocycles. The molecule has 2 aromatic heterocycles. The van der Waals surface area contributed by atoms with Gasteiger partial charge in [0.25, 0.3) is 0 Å². The van der Waals surface area contributed by atoms with Crippen molar-refractivity contribution in [1.82, 2.24) is 15.1 Å². The topological polar surface area (TPSA) is 118 Å². The van der Waals surface area contributed by atoms with Gasteiger partial charge in [-0.1, -0.05) is 22.8 Å². The van der Waals surface area contributed by atoms with Gasteiger partial charge in [-0.2, -0.15) is 0 Å². The van der Waals surface area contributed by atoms with E-state index in [1.165, 1.54) is 6.33 Å². The predicted molar refractivity (Wildman–Crippen MR) is 136 cm³/mol. The Hall–Kier alpha value is -3.89. The molecule has 5 rings (SSSR count). The van der Waals surface area contributed by atoms with E-state index < -0.39 is 0 Å². The van der Waals surface area contributed by atoms with Crippen LogP contribution in [0.25, 0.3) is 10.9 Å². The number of nitrogens with zero attached hydrogens (tertiary/aromatic N) is 3. The van der Waals surface area contributed by atoms with Crippen LogP contribution in [-0.4, -0.2) is 54.4 Å². The number of nitrogens with one attached hydrogen (secondary N) is 1. The first-order chi connectivity index (χ1) is 18.0. The highest BCUT2D eigenvalue weighted by atomic mass is 35.5. The van der Waals surface area contributed by atoms with E-state index in [2.05, 4.69) is 20.4 Å². The van der Waals surface area contributed by atoms with Crippen molar-refractivity contribution in [1.29, 1.82) is 0 Å². The minimum atomic E-state index is -0.0205. The van der Waals surface area contributed by atoms with Crippen LogP contribution in [0.2, 0.25) is 5.02 Å². The second-order valence-corrected chi connectivity index (χ2v) is 8.85. The molecule has 1 aliphatic rings. The third-order valence-corrected chi connectivity index (χ3v) is 6.03. The van der Waals surface area contributed by atoms with Crippen LogP contribution in [0.4, 0.5) is 11.5 Å². The first-order valence-corrected chi connectivity index (χ1v) is 12.1. The lowest BCUT2D eigenvalue weighted by Crippen LogP contribution is -2.17. The summed E-state index contributed by atoms with van der Waals surface area (Å²) in [4.78, 5) is 21.3. The van der Waals surface area contributed by atoms with Crippen molar-refractivity contribution < 1.29 is 28.3 Å². The first-order valence-electron chi connectivity index (χ1n) is 11.7. The molecule has 3 heterocycles. The molecule has 0 saturated carbocycles. The number of hydrogen-bond donors (Lipinski definition) is 1. The van der Waals surface area contributed by atoms with Crippen molar-refractivity contribution in [2.75, 3.05) is 38.9 Å². The van der Waals surface area contributed by atoms with Gasteiger partial charge < -0.3 is 28.8 Å². The van der Waals surface area contributed by atoms with E-state index >= 15 is 0 Å². The summed E-state index contributed by atoms with van der Waals surface area (Å²) in [6.45, 7) is 3.40. The van der Waals surface area contributed by atoms with E-state index in [1.807, 2.05) is 19.1 Å². The molecule has 0 aliphatic carbocycles.